The van der Waals surface area contributed by atoms with Gasteiger partial charge in [0.2, 0.25) is 0 Å². The zero-order valence-electron chi connectivity index (χ0n) is 10.8. The van der Waals surface area contributed by atoms with Gasteiger partial charge in [-0.1, -0.05) is 13.8 Å². The molecule has 2 unspecified atom stereocenters. The van der Waals surface area contributed by atoms with E-state index in [9.17, 15) is 22.7 Å². The zero-order chi connectivity index (χ0) is 14.8. The van der Waals surface area contributed by atoms with Crippen molar-refractivity contribution >= 4 is 0 Å². The smallest absolute Gasteiger partial charge is 0.388 e. The molecule has 0 heterocycles. The van der Waals surface area contributed by atoms with E-state index in [2.05, 4.69) is 0 Å². The third kappa shape index (κ3) is 3.45. The second-order valence-corrected chi connectivity index (χ2v) is 4.89. The fourth-order valence-corrected chi connectivity index (χ4v) is 1.79. The number of halogens is 4. The lowest BCUT2D eigenvalue weighted by Gasteiger charge is -2.32. The molecule has 1 aromatic rings. The average molecular weight is 279 g/mol. The number of hydrogen-bond acceptors (Lipinski definition) is 2. The van der Waals surface area contributed by atoms with Gasteiger partial charge in [0, 0.05) is 12.0 Å². The summed E-state index contributed by atoms with van der Waals surface area (Å²) in [6.07, 6.45) is -5.44. The molecule has 3 N–H and O–H groups in total. The van der Waals surface area contributed by atoms with E-state index in [4.69, 9.17) is 5.73 Å². The van der Waals surface area contributed by atoms with Gasteiger partial charge in [-0.25, -0.2) is 4.39 Å². The summed E-state index contributed by atoms with van der Waals surface area (Å²) in [6.45, 7) is 3.50. The summed E-state index contributed by atoms with van der Waals surface area (Å²) < 4.78 is 51.1. The zero-order valence-corrected chi connectivity index (χ0v) is 10.8. The Labute approximate surface area is 109 Å². The first kappa shape index (κ1) is 15.9. The number of rotatable bonds is 4. The molecule has 0 aliphatic rings. The van der Waals surface area contributed by atoms with E-state index in [1.807, 2.05) is 0 Å². The van der Waals surface area contributed by atoms with Crippen molar-refractivity contribution in [2.24, 2.45) is 11.1 Å². The van der Waals surface area contributed by atoms with Crippen LogP contribution in [-0.2, 0) is 6.18 Å². The van der Waals surface area contributed by atoms with Crippen molar-refractivity contribution in [2.45, 2.75) is 32.5 Å². The van der Waals surface area contributed by atoms with Gasteiger partial charge in [0.05, 0.1) is 11.7 Å². The van der Waals surface area contributed by atoms with Crippen LogP contribution in [0, 0.1) is 11.2 Å². The van der Waals surface area contributed by atoms with Crippen molar-refractivity contribution in [3.63, 3.8) is 0 Å². The Kier molecular flexibility index (Phi) is 4.58. The predicted octanol–water partition coefficient (Wildman–Crippen LogP) is 3.25. The van der Waals surface area contributed by atoms with Crippen LogP contribution < -0.4 is 5.73 Å². The third-order valence-corrected chi connectivity index (χ3v) is 3.50. The maximum Gasteiger partial charge on any atom is 0.416 e. The molecule has 0 fully saturated rings. The molecule has 0 radical (unpaired) electrons. The highest BCUT2D eigenvalue weighted by Gasteiger charge is 2.35. The number of benzene rings is 1. The van der Waals surface area contributed by atoms with E-state index in [0.29, 0.717) is 12.5 Å². The molecule has 0 amide bonds. The van der Waals surface area contributed by atoms with E-state index in [-0.39, 0.29) is 12.1 Å². The lowest BCUT2D eigenvalue weighted by molar-refractivity contribution is -0.137. The second-order valence-electron chi connectivity index (χ2n) is 4.89. The largest absolute Gasteiger partial charge is 0.416 e. The maximum absolute atomic E-state index is 13.3. The first-order valence-electron chi connectivity index (χ1n) is 5.90. The van der Waals surface area contributed by atoms with Crippen LogP contribution in [0.3, 0.4) is 0 Å². The fraction of sp³-hybridized carbons (Fsp3) is 0.538. The quantitative estimate of drug-likeness (QED) is 0.831. The van der Waals surface area contributed by atoms with Gasteiger partial charge in [-0.05, 0) is 30.2 Å². The van der Waals surface area contributed by atoms with E-state index >= 15 is 0 Å². The minimum Gasteiger partial charge on any atom is -0.388 e. The first-order valence-corrected chi connectivity index (χ1v) is 5.90. The number of aliphatic hydroxyl groups excluding tert-OH is 1. The van der Waals surface area contributed by atoms with E-state index in [0.717, 1.165) is 12.1 Å². The molecule has 19 heavy (non-hydrogen) atoms. The topological polar surface area (TPSA) is 46.2 Å². The predicted molar refractivity (Wildman–Crippen MR) is 63.8 cm³/mol. The van der Waals surface area contributed by atoms with Gasteiger partial charge in [0.1, 0.15) is 5.82 Å². The highest BCUT2D eigenvalue weighted by molar-refractivity contribution is 5.29. The first-order chi connectivity index (χ1) is 8.64. The van der Waals surface area contributed by atoms with Gasteiger partial charge in [-0.3, -0.25) is 0 Å². The second kappa shape index (κ2) is 5.46. The van der Waals surface area contributed by atoms with E-state index in [1.54, 1.807) is 13.8 Å². The molecule has 0 aliphatic carbocycles. The van der Waals surface area contributed by atoms with Crippen LogP contribution >= 0.6 is 0 Å². The molecule has 2 atom stereocenters. The molecule has 0 spiro atoms. The fourth-order valence-electron chi connectivity index (χ4n) is 1.79. The van der Waals surface area contributed by atoms with Crippen LogP contribution in [-0.4, -0.2) is 11.7 Å². The molecular weight excluding hydrogens is 262 g/mol. The summed E-state index contributed by atoms with van der Waals surface area (Å²) in [5.41, 5.74) is 3.52. The Balaban J connectivity index is 3.25. The SMILES string of the molecule is CCC(C)(CN)C(O)c1cc(F)cc(C(F)(F)F)c1. The summed E-state index contributed by atoms with van der Waals surface area (Å²) in [5.74, 6) is -1.03. The van der Waals surface area contributed by atoms with Gasteiger partial charge < -0.3 is 10.8 Å². The van der Waals surface area contributed by atoms with Gasteiger partial charge >= 0.3 is 6.18 Å². The lowest BCUT2D eigenvalue weighted by Crippen LogP contribution is -2.33. The summed E-state index contributed by atoms with van der Waals surface area (Å²) in [7, 11) is 0. The Morgan fingerprint density at radius 3 is 2.26 bits per heavy atom. The molecule has 6 heteroatoms. The van der Waals surface area contributed by atoms with Crippen molar-refractivity contribution < 1.29 is 22.7 Å². The third-order valence-electron chi connectivity index (χ3n) is 3.50. The molecule has 2 nitrogen and oxygen atoms in total. The normalized spacial score (nSPS) is 17.1. The van der Waals surface area contributed by atoms with Crippen LogP contribution in [0.4, 0.5) is 17.6 Å². The Hall–Kier alpha value is -1.14. The highest BCUT2D eigenvalue weighted by Crippen LogP contribution is 2.38. The standard InChI is InChI=1S/C13H17F4NO/c1-3-12(2,7-18)11(19)8-4-9(13(15,16)17)6-10(14)5-8/h4-6,11,19H,3,7,18H2,1-2H3. The Bertz CT molecular complexity index is 441. The van der Waals surface area contributed by atoms with E-state index < -0.39 is 29.1 Å². The number of alkyl halides is 3. The summed E-state index contributed by atoms with van der Waals surface area (Å²) >= 11 is 0. The minimum atomic E-state index is -4.65. The van der Waals surface area contributed by atoms with Crippen LogP contribution in [0.15, 0.2) is 18.2 Å². The Morgan fingerprint density at radius 1 is 1.26 bits per heavy atom. The maximum atomic E-state index is 13.3. The van der Waals surface area contributed by atoms with Crippen molar-refractivity contribution in [1.29, 1.82) is 0 Å². The molecule has 0 aromatic heterocycles. The van der Waals surface area contributed by atoms with E-state index in [1.165, 1.54) is 0 Å². The van der Waals surface area contributed by atoms with Gasteiger partial charge in [0.25, 0.3) is 0 Å². The van der Waals surface area contributed by atoms with Crippen LogP contribution in [0.1, 0.15) is 37.5 Å². The van der Waals surface area contributed by atoms with Crippen LogP contribution in [0.5, 0.6) is 0 Å². The highest BCUT2D eigenvalue weighted by atomic mass is 19.4. The molecule has 108 valence electrons. The molecule has 0 aliphatic heterocycles. The number of hydrogen-bond donors (Lipinski definition) is 2. The van der Waals surface area contributed by atoms with Crippen LogP contribution in [0.25, 0.3) is 0 Å². The van der Waals surface area contributed by atoms with Crippen molar-refractivity contribution in [3.05, 3.63) is 35.1 Å². The monoisotopic (exact) mass is 279 g/mol. The molecular formula is C13H17F4NO. The number of aliphatic hydroxyl groups is 1. The van der Waals surface area contributed by atoms with Gasteiger partial charge in [-0.2, -0.15) is 13.2 Å². The van der Waals surface area contributed by atoms with Crippen molar-refractivity contribution in [3.8, 4) is 0 Å². The van der Waals surface area contributed by atoms with Crippen molar-refractivity contribution in [1.82, 2.24) is 0 Å². The Morgan fingerprint density at radius 2 is 1.84 bits per heavy atom. The molecule has 1 aromatic carbocycles. The molecule has 0 saturated carbocycles. The van der Waals surface area contributed by atoms with Gasteiger partial charge in [-0.15, -0.1) is 0 Å². The van der Waals surface area contributed by atoms with Gasteiger partial charge in [0.15, 0.2) is 0 Å². The summed E-state index contributed by atoms with van der Waals surface area (Å²) in [6, 6.07) is 2.07. The van der Waals surface area contributed by atoms with Crippen molar-refractivity contribution in [2.75, 3.05) is 6.54 Å². The van der Waals surface area contributed by atoms with Crippen LogP contribution in [0.2, 0.25) is 0 Å². The summed E-state index contributed by atoms with van der Waals surface area (Å²) in [5, 5.41) is 10.1. The summed E-state index contributed by atoms with van der Waals surface area (Å²) in [4.78, 5) is 0. The lowest BCUT2D eigenvalue weighted by atomic mass is 9.78. The average Bonchev–Trinajstić information content (AvgIpc) is 2.35. The molecule has 1 rings (SSSR count). The minimum absolute atomic E-state index is 0.0858. The number of nitrogens with two attached hydrogens (primary N) is 1. The molecule has 0 saturated heterocycles. The molecule has 0 bridgehead atoms.